The van der Waals surface area contributed by atoms with Gasteiger partial charge in [-0.15, -0.1) is 0 Å². The first-order chi connectivity index (χ1) is 12.0. The van der Waals surface area contributed by atoms with Gasteiger partial charge in [0.2, 0.25) is 11.8 Å². The van der Waals surface area contributed by atoms with Gasteiger partial charge in [0.25, 0.3) is 0 Å². The molecule has 0 atom stereocenters. The quantitative estimate of drug-likeness (QED) is 0.630. The van der Waals surface area contributed by atoms with E-state index in [0.717, 1.165) is 16.3 Å². The minimum Gasteiger partial charge on any atom is -0.350 e. The van der Waals surface area contributed by atoms with Gasteiger partial charge in [-0.25, -0.2) is 9.78 Å². The second kappa shape index (κ2) is 8.62. The number of nitrogens with one attached hydrogen (secondary N) is 4. The van der Waals surface area contributed by atoms with Crippen LogP contribution >= 0.6 is 0 Å². The Hall–Kier alpha value is -3.16. The molecule has 0 aliphatic heterocycles. The molecule has 0 fully saturated rings. The number of anilines is 1. The number of nitrogens with zero attached hydrogens (tertiary/aromatic N) is 1. The summed E-state index contributed by atoms with van der Waals surface area (Å²) >= 11 is 0. The van der Waals surface area contributed by atoms with Crippen LogP contribution in [0.15, 0.2) is 30.5 Å². The Morgan fingerprint density at radius 1 is 1.12 bits per heavy atom. The molecule has 1 heterocycles. The summed E-state index contributed by atoms with van der Waals surface area (Å²) in [5.41, 5.74) is 0.894. The average Bonchev–Trinajstić information content (AvgIpc) is 2.58. The number of hydrogen-bond acceptors (Lipinski definition) is 4. The fourth-order valence-corrected chi connectivity index (χ4v) is 2.24. The van der Waals surface area contributed by atoms with Crippen molar-refractivity contribution in [1.82, 2.24) is 20.9 Å². The molecule has 0 spiro atoms. The minimum absolute atomic E-state index is 0.0566. The molecule has 0 unspecified atom stereocenters. The van der Waals surface area contributed by atoms with Crippen molar-refractivity contribution in [3.63, 3.8) is 0 Å². The highest BCUT2D eigenvalue weighted by atomic mass is 16.2. The van der Waals surface area contributed by atoms with Crippen LogP contribution in [-0.2, 0) is 16.1 Å². The van der Waals surface area contributed by atoms with E-state index in [0.29, 0.717) is 18.9 Å². The molecule has 0 aliphatic rings. The summed E-state index contributed by atoms with van der Waals surface area (Å²) in [6.07, 6.45) is 1.66. The molecule has 0 saturated carbocycles. The van der Waals surface area contributed by atoms with Crippen LogP contribution in [0.1, 0.15) is 19.4 Å². The number of fused-ring (bicyclic) bond motifs is 1. The van der Waals surface area contributed by atoms with Gasteiger partial charge in [-0.2, -0.15) is 0 Å². The maximum absolute atomic E-state index is 11.7. The third-order valence-corrected chi connectivity index (χ3v) is 3.41. The monoisotopic (exact) mass is 343 g/mol. The highest BCUT2D eigenvalue weighted by molar-refractivity contribution is 5.93. The molecule has 132 valence electrons. The number of carbonyl (C=O) groups excluding carboxylic acids is 3. The highest BCUT2D eigenvalue weighted by Gasteiger charge is 2.07. The summed E-state index contributed by atoms with van der Waals surface area (Å²) in [7, 11) is 0. The number of rotatable bonds is 6. The third-order valence-electron chi connectivity index (χ3n) is 3.41. The van der Waals surface area contributed by atoms with E-state index in [2.05, 4.69) is 26.3 Å². The summed E-state index contributed by atoms with van der Waals surface area (Å²) in [5, 5.41) is 12.3. The summed E-state index contributed by atoms with van der Waals surface area (Å²) in [6.45, 7) is 3.98. The minimum atomic E-state index is -0.310. The van der Waals surface area contributed by atoms with Crippen LogP contribution in [0.5, 0.6) is 0 Å². The van der Waals surface area contributed by atoms with Gasteiger partial charge in [-0.1, -0.05) is 18.2 Å². The lowest BCUT2D eigenvalue weighted by molar-refractivity contribution is -0.125. The zero-order valence-corrected chi connectivity index (χ0v) is 14.2. The van der Waals surface area contributed by atoms with E-state index >= 15 is 0 Å². The van der Waals surface area contributed by atoms with Crippen molar-refractivity contribution in [2.45, 2.75) is 20.4 Å². The van der Waals surface area contributed by atoms with Gasteiger partial charge < -0.3 is 16.0 Å². The molecule has 4 amide bonds. The van der Waals surface area contributed by atoms with E-state index in [-0.39, 0.29) is 24.4 Å². The molecule has 0 radical (unpaired) electrons. The average molecular weight is 343 g/mol. The Labute approximate surface area is 145 Å². The Bertz CT molecular complexity index is 791. The molecular formula is C17H21N5O3. The highest BCUT2D eigenvalue weighted by Crippen LogP contribution is 2.20. The number of aromatic nitrogens is 1. The summed E-state index contributed by atoms with van der Waals surface area (Å²) in [6, 6.07) is 7.12. The number of urea groups is 1. The fraction of sp³-hybridized carbons (Fsp3) is 0.294. The van der Waals surface area contributed by atoms with Crippen LogP contribution in [0.3, 0.4) is 0 Å². The molecule has 0 bridgehead atoms. The maximum Gasteiger partial charge on any atom is 0.320 e. The molecule has 25 heavy (non-hydrogen) atoms. The molecule has 0 saturated heterocycles. The predicted molar refractivity (Wildman–Crippen MR) is 95.0 cm³/mol. The van der Waals surface area contributed by atoms with E-state index in [1.807, 2.05) is 25.1 Å². The van der Waals surface area contributed by atoms with Crippen LogP contribution in [0.4, 0.5) is 10.6 Å². The van der Waals surface area contributed by atoms with E-state index in [1.54, 1.807) is 12.3 Å². The van der Waals surface area contributed by atoms with Crippen LogP contribution in [-0.4, -0.2) is 35.9 Å². The van der Waals surface area contributed by atoms with Gasteiger partial charge in [-0.05, 0) is 23.9 Å². The van der Waals surface area contributed by atoms with Crippen LogP contribution < -0.4 is 21.3 Å². The van der Waals surface area contributed by atoms with Crippen molar-refractivity contribution in [2.24, 2.45) is 0 Å². The Balaban J connectivity index is 2.07. The van der Waals surface area contributed by atoms with Gasteiger partial charge in [0.15, 0.2) is 0 Å². The van der Waals surface area contributed by atoms with Gasteiger partial charge in [0.1, 0.15) is 5.82 Å². The summed E-state index contributed by atoms with van der Waals surface area (Å²) in [5.74, 6) is -0.0726. The van der Waals surface area contributed by atoms with Crippen molar-refractivity contribution in [3.05, 3.63) is 36.0 Å². The molecule has 8 nitrogen and oxygen atoms in total. The van der Waals surface area contributed by atoms with Crippen LogP contribution in [0.2, 0.25) is 0 Å². The molecule has 1 aromatic heterocycles. The number of carbonyl (C=O) groups is 3. The smallest absolute Gasteiger partial charge is 0.320 e. The SMILES string of the molecule is CCNC(=O)Nc1cc2cccc(CNC(=O)CNC(C)=O)c2cn1. The van der Waals surface area contributed by atoms with Crippen molar-refractivity contribution in [3.8, 4) is 0 Å². The Morgan fingerprint density at radius 3 is 2.64 bits per heavy atom. The standard InChI is InChI=1S/C17H21N5O3/c1-3-18-17(25)22-15-7-12-5-4-6-13(14(12)9-20-15)8-21-16(24)10-19-11(2)23/h4-7,9H,3,8,10H2,1-2H3,(H,19,23)(H,21,24)(H2,18,20,22,25). The molecule has 2 rings (SSSR count). The first-order valence-electron chi connectivity index (χ1n) is 7.93. The lowest BCUT2D eigenvalue weighted by Crippen LogP contribution is -2.35. The molecule has 4 N–H and O–H groups in total. The lowest BCUT2D eigenvalue weighted by Gasteiger charge is -2.10. The normalized spacial score (nSPS) is 10.2. The molecule has 2 aromatic rings. The molecular weight excluding hydrogens is 322 g/mol. The largest absolute Gasteiger partial charge is 0.350 e. The molecule has 8 heteroatoms. The summed E-state index contributed by atoms with van der Waals surface area (Å²) in [4.78, 5) is 38.3. The van der Waals surface area contributed by atoms with Crippen molar-refractivity contribution >= 4 is 34.4 Å². The van der Waals surface area contributed by atoms with Gasteiger partial charge >= 0.3 is 6.03 Å². The van der Waals surface area contributed by atoms with Gasteiger partial charge in [-0.3, -0.25) is 14.9 Å². The van der Waals surface area contributed by atoms with Gasteiger partial charge in [0.05, 0.1) is 6.54 Å². The Kier molecular flexibility index (Phi) is 6.27. The predicted octanol–water partition coefficient (Wildman–Crippen LogP) is 1.13. The van der Waals surface area contributed by atoms with E-state index in [1.165, 1.54) is 6.92 Å². The molecule has 1 aromatic carbocycles. The van der Waals surface area contributed by atoms with Crippen molar-refractivity contribution < 1.29 is 14.4 Å². The zero-order valence-electron chi connectivity index (χ0n) is 14.2. The number of benzene rings is 1. The van der Waals surface area contributed by atoms with Crippen LogP contribution in [0.25, 0.3) is 10.8 Å². The lowest BCUT2D eigenvalue weighted by atomic mass is 10.1. The van der Waals surface area contributed by atoms with Crippen molar-refractivity contribution in [1.29, 1.82) is 0 Å². The van der Waals surface area contributed by atoms with Crippen LogP contribution in [0, 0.1) is 0 Å². The van der Waals surface area contributed by atoms with E-state index < -0.39 is 0 Å². The zero-order chi connectivity index (χ0) is 18.2. The van der Waals surface area contributed by atoms with Gasteiger partial charge in [0, 0.05) is 31.6 Å². The Morgan fingerprint density at radius 2 is 1.92 bits per heavy atom. The van der Waals surface area contributed by atoms with Crippen molar-refractivity contribution in [2.75, 3.05) is 18.4 Å². The topological polar surface area (TPSA) is 112 Å². The summed E-state index contributed by atoms with van der Waals surface area (Å²) < 4.78 is 0. The van der Waals surface area contributed by atoms with E-state index in [4.69, 9.17) is 0 Å². The number of amides is 4. The second-order valence-electron chi connectivity index (χ2n) is 5.38. The number of pyridine rings is 1. The van der Waals surface area contributed by atoms with E-state index in [9.17, 15) is 14.4 Å². The number of hydrogen-bond donors (Lipinski definition) is 4. The fourth-order valence-electron chi connectivity index (χ4n) is 2.24. The maximum atomic E-state index is 11.7. The third kappa shape index (κ3) is 5.45. The first-order valence-corrected chi connectivity index (χ1v) is 7.93. The first kappa shape index (κ1) is 18.2. The second-order valence-corrected chi connectivity index (χ2v) is 5.38. The molecule has 0 aliphatic carbocycles.